The number of carboxylic acids is 1. The number of carbonyl (C=O) groups excluding carboxylic acids is 2. The molecule has 0 radical (unpaired) electrons. The number of ether oxygens (including phenoxy) is 1. The van der Waals surface area contributed by atoms with Gasteiger partial charge in [-0.1, -0.05) is 0 Å². The van der Waals surface area contributed by atoms with Crippen molar-refractivity contribution in [3.8, 4) is 11.5 Å². The highest BCUT2D eigenvalue weighted by atomic mass is 19.1. The first-order valence-corrected chi connectivity index (χ1v) is 7.67. The van der Waals surface area contributed by atoms with Crippen LogP contribution < -0.4 is 15.2 Å². The quantitative estimate of drug-likeness (QED) is 0.766. The summed E-state index contributed by atoms with van der Waals surface area (Å²) < 4.78 is 18.5. The lowest BCUT2D eigenvalue weighted by molar-refractivity contribution is -0.255. The van der Waals surface area contributed by atoms with E-state index in [4.69, 9.17) is 4.74 Å². The van der Waals surface area contributed by atoms with Gasteiger partial charge in [-0.3, -0.25) is 4.79 Å². The lowest BCUT2D eigenvalue weighted by atomic mass is 10.2. The number of anilines is 1. The number of benzene rings is 3. The average Bonchev–Trinajstić information content (AvgIpc) is 2.64. The molecular formula is C20H13FNO4-. The molecule has 0 saturated carbocycles. The summed E-state index contributed by atoms with van der Waals surface area (Å²) in [7, 11) is 0. The number of amides is 1. The van der Waals surface area contributed by atoms with Crippen LogP contribution in [0.15, 0.2) is 72.8 Å². The number of rotatable bonds is 5. The van der Waals surface area contributed by atoms with Gasteiger partial charge in [-0.15, -0.1) is 0 Å². The van der Waals surface area contributed by atoms with Gasteiger partial charge in [0.05, 0.1) is 5.97 Å². The molecule has 5 nitrogen and oxygen atoms in total. The number of hydrogen-bond acceptors (Lipinski definition) is 4. The highest BCUT2D eigenvalue weighted by Crippen LogP contribution is 2.23. The lowest BCUT2D eigenvalue weighted by Crippen LogP contribution is -2.21. The largest absolute Gasteiger partial charge is 0.545 e. The van der Waals surface area contributed by atoms with Crippen molar-refractivity contribution in [1.29, 1.82) is 0 Å². The molecule has 0 unspecified atom stereocenters. The molecule has 3 aromatic rings. The minimum absolute atomic E-state index is 0.0659. The number of carbonyl (C=O) groups is 2. The maximum absolute atomic E-state index is 12.9. The third-order valence-electron chi connectivity index (χ3n) is 3.54. The Kier molecular flexibility index (Phi) is 4.94. The molecule has 0 heterocycles. The molecule has 0 atom stereocenters. The van der Waals surface area contributed by atoms with E-state index < -0.39 is 11.8 Å². The Morgan fingerprint density at radius 2 is 1.27 bits per heavy atom. The van der Waals surface area contributed by atoms with Gasteiger partial charge in [0.25, 0.3) is 5.91 Å². The molecule has 26 heavy (non-hydrogen) atoms. The molecule has 130 valence electrons. The van der Waals surface area contributed by atoms with Crippen molar-refractivity contribution >= 4 is 17.6 Å². The van der Waals surface area contributed by atoms with Crippen molar-refractivity contribution in [2.24, 2.45) is 0 Å². The van der Waals surface area contributed by atoms with E-state index in [-0.39, 0.29) is 11.5 Å². The SMILES string of the molecule is O=C([O-])c1ccc(Oc2ccc(NC(=O)c3ccc(F)cc3)cc2)cc1. The van der Waals surface area contributed by atoms with Crippen molar-refractivity contribution < 1.29 is 23.8 Å². The fourth-order valence-corrected chi connectivity index (χ4v) is 2.21. The first-order valence-electron chi connectivity index (χ1n) is 7.67. The molecule has 0 saturated heterocycles. The fraction of sp³-hybridized carbons (Fsp3) is 0. The topological polar surface area (TPSA) is 78.5 Å². The molecule has 0 aliphatic rings. The molecule has 6 heteroatoms. The highest BCUT2D eigenvalue weighted by molar-refractivity contribution is 6.04. The van der Waals surface area contributed by atoms with Crippen molar-refractivity contribution in [2.75, 3.05) is 5.32 Å². The lowest BCUT2D eigenvalue weighted by Gasteiger charge is -2.09. The van der Waals surface area contributed by atoms with Gasteiger partial charge >= 0.3 is 0 Å². The Morgan fingerprint density at radius 3 is 1.81 bits per heavy atom. The van der Waals surface area contributed by atoms with E-state index in [1.807, 2.05) is 0 Å². The van der Waals surface area contributed by atoms with Crippen molar-refractivity contribution in [3.05, 3.63) is 89.7 Å². The predicted octanol–water partition coefficient (Wildman–Crippen LogP) is 3.23. The third kappa shape index (κ3) is 4.24. The van der Waals surface area contributed by atoms with Gasteiger partial charge in [0.15, 0.2) is 0 Å². The summed E-state index contributed by atoms with van der Waals surface area (Å²) in [5.74, 6) is -1.02. The van der Waals surface area contributed by atoms with Gasteiger partial charge in [-0.2, -0.15) is 0 Å². The molecule has 1 N–H and O–H groups in total. The molecule has 1 amide bonds. The zero-order valence-corrected chi connectivity index (χ0v) is 13.4. The predicted molar refractivity (Wildman–Crippen MR) is 91.6 cm³/mol. The average molecular weight is 350 g/mol. The van der Waals surface area contributed by atoms with Crippen LogP contribution in [0.25, 0.3) is 0 Å². The summed E-state index contributed by atoms with van der Waals surface area (Å²) in [6.45, 7) is 0. The van der Waals surface area contributed by atoms with Gasteiger partial charge in [-0.25, -0.2) is 4.39 Å². The normalized spacial score (nSPS) is 10.2. The summed E-state index contributed by atoms with van der Waals surface area (Å²) >= 11 is 0. The van der Waals surface area contributed by atoms with Gasteiger partial charge < -0.3 is 20.0 Å². The van der Waals surface area contributed by atoms with Gasteiger partial charge in [0, 0.05) is 11.3 Å². The van der Waals surface area contributed by atoms with E-state index in [0.717, 1.165) is 0 Å². The molecule has 0 spiro atoms. The molecule has 3 rings (SSSR count). The zero-order valence-electron chi connectivity index (χ0n) is 13.4. The fourth-order valence-electron chi connectivity index (χ4n) is 2.21. The van der Waals surface area contributed by atoms with E-state index in [1.165, 1.54) is 48.5 Å². The number of nitrogens with one attached hydrogen (secondary N) is 1. The second-order valence-electron chi connectivity index (χ2n) is 5.40. The van der Waals surface area contributed by atoms with E-state index in [0.29, 0.717) is 22.7 Å². The third-order valence-corrected chi connectivity index (χ3v) is 3.54. The standard InChI is InChI=1S/C20H14FNO4/c21-15-5-1-13(2-6-15)19(23)22-16-7-11-18(12-8-16)26-17-9-3-14(4-10-17)20(24)25/h1-12H,(H,22,23)(H,24,25)/p-1. The van der Waals surface area contributed by atoms with Crippen LogP contribution in [0.5, 0.6) is 11.5 Å². The molecule has 3 aromatic carbocycles. The van der Waals surface area contributed by atoms with Crippen LogP contribution >= 0.6 is 0 Å². The number of hydrogen-bond donors (Lipinski definition) is 1. The minimum atomic E-state index is -1.25. The van der Waals surface area contributed by atoms with Crippen LogP contribution in [0, 0.1) is 5.82 Å². The van der Waals surface area contributed by atoms with Crippen LogP contribution in [-0.2, 0) is 0 Å². The second-order valence-corrected chi connectivity index (χ2v) is 5.40. The molecule has 0 bridgehead atoms. The summed E-state index contributed by atoms with van der Waals surface area (Å²) in [4.78, 5) is 22.8. The second kappa shape index (κ2) is 7.48. The molecule has 0 aromatic heterocycles. The smallest absolute Gasteiger partial charge is 0.255 e. The Balaban J connectivity index is 1.63. The van der Waals surface area contributed by atoms with Crippen LogP contribution in [0.2, 0.25) is 0 Å². The summed E-state index contributed by atoms with van der Waals surface area (Å²) in [6.07, 6.45) is 0. The molecule has 0 aliphatic carbocycles. The summed E-state index contributed by atoms with van der Waals surface area (Å²) in [5, 5.41) is 13.4. The summed E-state index contributed by atoms with van der Waals surface area (Å²) in [5.41, 5.74) is 0.968. The van der Waals surface area contributed by atoms with E-state index in [1.54, 1.807) is 24.3 Å². The molecule has 0 fully saturated rings. The summed E-state index contributed by atoms with van der Waals surface area (Å²) in [6, 6.07) is 17.7. The Labute approximate surface area is 148 Å². The molecular weight excluding hydrogens is 337 g/mol. The Morgan fingerprint density at radius 1 is 0.769 bits per heavy atom. The number of aromatic carboxylic acids is 1. The molecule has 0 aliphatic heterocycles. The number of halogens is 1. The first kappa shape index (κ1) is 17.2. The van der Waals surface area contributed by atoms with Gasteiger partial charge in [0.2, 0.25) is 0 Å². The van der Waals surface area contributed by atoms with E-state index >= 15 is 0 Å². The minimum Gasteiger partial charge on any atom is -0.545 e. The first-order chi connectivity index (χ1) is 12.5. The maximum atomic E-state index is 12.9. The van der Waals surface area contributed by atoms with Crippen LogP contribution in [-0.4, -0.2) is 11.9 Å². The monoisotopic (exact) mass is 350 g/mol. The van der Waals surface area contributed by atoms with Crippen molar-refractivity contribution in [2.45, 2.75) is 0 Å². The van der Waals surface area contributed by atoms with E-state index in [2.05, 4.69) is 5.32 Å². The van der Waals surface area contributed by atoms with Crippen LogP contribution in [0.3, 0.4) is 0 Å². The van der Waals surface area contributed by atoms with Crippen LogP contribution in [0.4, 0.5) is 10.1 Å². The van der Waals surface area contributed by atoms with Crippen molar-refractivity contribution in [1.82, 2.24) is 0 Å². The Bertz CT molecular complexity index is 920. The maximum Gasteiger partial charge on any atom is 0.255 e. The number of carboxylic acid groups (broad SMARTS) is 1. The van der Waals surface area contributed by atoms with Crippen LogP contribution in [0.1, 0.15) is 20.7 Å². The van der Waals surface area contributed by atoms with E-state index in [9.17, 15) is 19.1 Å². The zero-order chi connectivity index (χ0) is 18.5. The van der Waals surface area contributed by atoms with Gasteiger partial charge in [-0.05, 0) is 78.4 Å². The van der Waals surface area contributed by atoms with Crippen molar-refractivity contribution in [3.63, 3.8) is 0 Å². The Hall–Kier alpha value is -3.67. The highest BCUT2D eigenvalue weighted by Gasteiger charge is 2.06. The van der Waals surface area contributed by atoms with Gasteiger partial charge in [0.1, 0.15) is 17.3 Å².